The van der Waals surface area contributed by atoms with Crippen LogP contribution in [0.3, 0.4) is 0 Å². The third kappa shape index (κ3) is 1.66. The van der Waals surface area contributed by atoms with Crippen LogP contribution in [-0.4, -0.2) is 22.9 Å². The van der Waals surface area contributed by atoms with Crippen molar-refractivity contribution >= 4 is 12.2 Å². The number of nitrogens with one attached hydrogen (secondary N) is 1. The van der Waals surface area contributed by atoms with Crippen molar-refractivity contribution in [3.05, 3.63) is 10.7 Å². The summed E-state index contributed by atoms with van der Waals surface area (Å²) in [5.74, 6) is 0.645. The summed E-state index contributed by atoms with van der Waals surface area (Å²) in [6.45, 7) is 0. The fourth-order valence-corrected chi connectivity index (χ4v) is 1.78. The highest BCUT2D eigenvalue weighted by Crippen LogP contribution is 2.37. The van der Waals surface area contributed by atoms with Crippen molar-refractivity contribution < 1.29 is 9.15 Å². The summed E-state index contributed by atoms with van der Waals surface area (Å²) in [4.78, 5) is 0.334. The van der Waals surface area contributed by atoms with Crippen molar-refractivity contribution in [1.29, 1.82) is 0 Å². The number of nitrogens with zero attached hydrogens (tertiary/aromatic N) is 1. The van der Waals surface area contributed by atoms with Gasteiger partial charge in [-0.1, -0.05) is 0 Å². The molecule has 1 heterocycles. The molecule has 0 radical (unpaired) electrons. The maximum absolute atomic E-state index is 5.44. The summed E-state index contributed by atoms with van der Waals surface area (Å²) in [6.07, 6.45) is 4.10. The van der Waals surface area contributed by atoms with E-state index in [-0.39, 0.29) is 5.60 Å². The van der Waals surface area contributed by atoms with Crippen LogP contribution >= 0.6 is 12.2 Å². The Balaban J connectivity index is 2.08. The van der Waals surface area contributed by atoms with E-state index < -0.39 is 0 Å². The zero-order valence-electron chi connectivity index (χ0n) is 7.50. The molecule has 0 bridgehead atoms. The van der Waals surface area contributed by atoms with Gasteiger partial charge in [0.25, 0.3) is 4.84 Å². The van der Waals surface area contributed by atoms with Crippen LogP contribution in [0.4, 0.5) is 0 Å². The molecule has 0 saturated heterocycles. The molecular weight excluding hydrogens is 188 g/mol. The molecule has 1 aromatic rings. The van der Waals surface area contributed by atoms with E-state index in [2.05, 4.69) is 10.2 Å². The van der Waals surface area contributed by atoms with E-state index in [9.17, 15) is 0 Å². The predicted octanol–water partition coefficient (Wildman–Crippen LogP) is 1.84. The molecule has 2 rings (SSSR count). The van der Waals surface area contributed by atoms with Gasteiger partial charge in [-0.3, -0.25) is 0 Å². The Morgan fingerprint density at radius 2 is 2.46 bits per heavy atom. The van der Waals surface area contributed by atoms with Gasteiger partial charge in [0.05, 0.1) is 12.0 Å². The first-order chi connectivity index (χ1) is 6.24. The molecule has 1 saturated carbocycles. The SMILES string of the molecule is COC1(Cc2n[nH]c(=S)o2)CCC1. The van der Waals surface area contributed by atoms with Crippen molar-refractivity contribution in [1.82, 2.24) is 10.2 Å². The molecule has 1 aliphatic rings. The molecule has 0 aliphatic heterocycles. The molecule has 1 aliphatic carbocycles. The molecule has 0 unspecified atom stereocenters. The van der Waals surface area contributed by atoms with Crippen LogP contribution in [0.5, 0.6) is 0 Å². The van der Waals surface area contributed by atoms with Gasteiger partial charge in [0.1, 0.15) is 0 Å². The Morgan fingerprint density at radius 1 is 1.69 bits per heavy atom. The molecule has 5 heteroatoms. The summed E-state index contributed by atoms with van der Waals surface area (Å²) in [5, 5.41) is 6.56. The maximum Gasteiger partial charge on any atom is 0.284 e. The first-order valence-electron chi connectivity index (χ1n) is 4.34. The highest BCUT2D eigenvalue weighted by atomic mass is 32.1. The highest BCUT2D eigenvalue weighted by molar-refractivity contribution is 7.71. The second-order valence-electron chi connectivity index (χ2n) is 3.42. The summed E-state index contributed by atoms with van der Waals surface area (Å²) >= 11 is 4.79. The smallest absolute Gasteiger partial charge is 0.284 e. The van der Waals surface area contributed by atoms with E-state index in [0.717, 1.165) is 19.3 Å². The van der Waals surface area contributed by atoms with Gasteiger partial charge < -0.3 is 9.15 Å². The van der Waals surface area contributed by atoms with Crippen molar-refractivity contribution in [2.75, 3.05) is 7.11 Å². The lowest BCUT2D eigenvalue weighted by molar-refractivity contribution is -0.0746. The minimum absolute atomic E-state index is 0.0412. The topological polar surface area (TPSA) is 51.0 Å². The number of hydrogen-bond donors (Lipinski definition) is 1. The molecule has 0 spiro atoms. The number of rotatable bonds is 3. The van der Waals surface area contributed by atoms with Crippen molar-refractivity contribution in [2.45, 2.75) is 31.3 Å². The normalized spacial score (nSPS) is 19.8. The molecule has 0 atom stereocenters. The van der Waals surface area contributed by atoms with Gasteiger partial charge in [-0.15, -0.1) is 5.10 Å². The number of methoxy groups -OCH3 is 1. The predicted molar refractivity (Wildman–Crippen MR) is 49.0 cm³/mol. The average molecular weight is 200 g/mol. The first kappa shape index (κ1) is 8.90. The van der Waals surface area contributed by atoms with Crippen LogP contribution in [0.15, 0.2) is 4.42 Å². The van der Waals surface area contributed by atoms with Crippen LogP contribution < -0.4 is 0 Å². The zero-order valence-corrected chi connectivity index (χ0v) is 8.32. The van der Waals surface area contributed by atoms with Crippen LogP contribution in [0.25, 0.3) is 0 Å². The van der Waals surface area contributed by atoms with Crippen LogP contribution in [0.1, 0.15) is 25.2 Å². The Kier molecular flexibility index (Phi) is 2.21. The number of H-pyrrole nitrogens is 1. The quantitative estimate of drug-likeness (QED) is 0.756. The Morgan fingerprint density at radius 3 is 2.85 bits per heavy atom. The minimum Gasteiger partial charge on any atom is -0.414 e. The van der Waals surface area contributed by atoms with Gasteiger partial charge in [-0.05, 0) is 31.5 Å². The monoisotopic (exact) mass is 200 g/mol. The molecular formula is C8H12N2O2S. The fourth-order valence-electron chi connectivity index (χ4n) is 1.64. The van der Waals surface area contributed by atoms with Crippen LogP contribution in [0.2, 0.25) is 0 Å². The fraction of sp³-hybridized carbons (Fsp3) is 0.750. The second-order valence-corrected chi connectivity index (χ2v) is 3.80. The second kappa shape index (κ2) is 3.23. The van der Waals surface area contributed by atoms with Crippen LogP contribution in [0, 0.1) is 4.84 Å². The largest absolute Gasteiger partial charge is 0.414 e. The number of aromatic amines is 1. The van der Waals surface area contributed by atoms with Gasteiger partial charge in [0.2, 0.25) is 5.89 Å². The summed E-state index contributed by atoms with van der Waals surface area (Å²) in [6, 6.07) is 0. The van der Waals surface area contributed by atoms with E-state index in [4.69, 9.17) is 21.4 Å². The lowest BCUT2D eigenvalue weighted by Gasteiger charge is -2.39. The van der Waals surface area contributed by atoms with Crippen LogP contribution in [-0.2, 0) is 11.2 Å². The summed E-state index contributed by atoms with van der Waals surface area (Å²) in [7, 11) is 1.74. The Bertz CT molecular complexity index is 334. The van der Waals surface area contributed by atoms with Gasteiger partial charge in [-0.25, -0.2) is 5.10 Å². The highest BCUT2D eigenvalue weighted by Gasteiger charge is 2.38. The first-order valence-corrected chi connectivity index (χ1v) is 4.74. The van der Waals surface area contributed by atoms with E-state index in [1.807, 2.05) is 0 Å². The standard InChI is InChI=1S/C8H12N2O2S/c1-11-8(3-2-4-8)5-6-9-10-7(13)12-6/h2-5H2,1H3,(H,10,13). The maximum atomic E-state index is 5.44. The summed E-state index contributed by atoms with van der Waals surface area (Å²) < 4.78 is 10.6. The minimum atomic E-state index is -0.0412. The number of hydrogen-bond acceptors (Lipinski definition) is 4. The Labute approximate surface area is 81.3 Å². The van der Waals surface area contributed by atoms with Gasteiger partial charge in [0.15, 0.2) is 0 Å². The van der Waals surface area contributed by atoms with E-state index in [1.54, 1.807) is 7.11 Å². The van der Waals surface area contributed by atoms with Crippen molar-refractivity contribution in [3.63, 3.8) is 0 Å². The Hall–Kier alpha value is -0.680. The average Bonchev–Trinajstić information content (AvgIpc) is 2.44. The zero-order chi connectivity index (χ0) is 9.31. The third-order valence-corrected chi connectivity index (χ3v) is 2.83. The van der Waals surface area contributed by atoms with Gasteiger partial charge in [0, 0.05) is 7.11 Å². The van der Waals surface area contributed by atoms with Gasteiger partial charge in [-0.2, -0.15) is 0 Å². The molecule has 1 N–H and O–H groups in total. The van der Waals surface area contributed by atoms with E-state index in [0.29, 0.717) is 10.7 Å². The molecule has 1 fully saturated rings. The van der Waals surface area contributed by atoms with E-state index in [1.165, 1.54) is 6.42 Å². The van der Waals surface area contributed by atoms with Gasteiger partial charge >= 0.3 is 0 Å². The number of aromatic nitrogens is 2. The number of ether oxygens (including phenoxy) is 1. The molecule has 0 amide bonds. The third-order valence-electron chi connectivity index (χ3n) is 2.65. The van der Waals surface area contributed by atoms with Crippen molar-refractivity contribution in [3.8, 4) is 0 Å². The summed E-state index contributed by atoms with van der Waals surface area (Å²) in [5.41, 5.74) is -0.0412. The van der Waals surface area contributed by atoms with E-state index >= 15 is 0 Å². The van der Waals surface area contributed by atoms with Crippen molar-refractivity contribution in [2.24, 2.45) is 0 Å². The lowest BCUT2D eigenvalue weighted by Crippen LogP contribution is -2.41. The molecule has 1 aromatic heterocycles. The lowest BCUT2D eigenvalue weighted by atomic mass is 9.77. The molecule has 72 valence electrons. The molecule has 0 aromatic carbocycles. The molecule has 4 nitrogen and oxygen atoms in total. The molecule has 13 heavy (non-hydrogen) atoms.